The highest BCUT2D eigenvalue weighted by atomic mass is 19.2. The van der Waals surface area contributed by atoms with Crippen molar-refractivity contribution >= 4 is 28.6 Å². The molecule has 0 saturated carbocycles. The monoisotopic (exact) mass is 428 g/mol. The maximum Gasteiger partial charge on any atom is 0.410 e. The molecule has 0 saturated heterocycles. The summed E-state index contributed by atoms with van der Waals surface area (Å²) in [5, 5.41) is 3.99. The molecule has 3 aromatic rings. The lowest BCUT2D eigenvalue weighted by molar-refractivity contribution is 0.0210. The number of hydrogen-bond acceptors (Lipinski definition) is 4. The van der Waals surface area contributed by atoms with Crippen LogP contribution in [0, 0.1) is 11.6 Å². The number of pyridine rings is 1. The van der Waals surface area contributed by atoms with Crippen LogP contribution in [-0.2, 0) is 17.6 Å². The zero-order valence-corrected chi connectivity index (χ0v) is 18.1. The highest BCUT2D eigenvalue weighted by Crippen LogP contribution is 2.31. The summed E-state index contributed by atoms with van der Waals surface area (Å²) in [6, 6.07) is 7.43. The molecule has 1 aliphatic rings. The minimum Gasteiger partial charge on any atom is -0.444 e. The van der Waals surface area contributed by atoms with Gasteiger partial charge in [0, 0.05) is 35.9 Å². The third-order valence-corrected chi connectivity index (χ3v) is 5.44. The van der Waals surface area contributed by atoms with E-state index < -0.39 is 17.2 Å². The van der Waals surface area contributed by atoms with Gasteiger partial charge in [-0.2, -0.15) is 0 Å². The molecule has 1 atom stereocenters. The van der Waals surface area contributed by atoms with Crippen LogP contribution >= 0.6 is 0 Å². The molecule has 0 spiro atoms. The van der Waals surface area contributed by atoms with Crippen molar-refractivity contribution in [3.63, 3.8) is 0 Å². The third-order valence-electron chi connectivity index (χ3n) is 5.44. The van der Waals surface area contributed by atoms with E-state index in [2.05, 4.69) is 15.3 Å². The van der Waals surface area contributed by atoms with Gasteiger partial charge >= 0.3 is 6.09 Å². The highest BCUT2D eigenvalue weighted by molar-refractivity contribution is 5.84. The Balaban J connectivity index is 1.53. The fraction of sp³-hybridized carbons (Fsp3) is 0.391. The standard InChI is InChI=1S/C23H26F2N4O2/c1-23(2,3)31-22(30)29(4)14-6-9-19-16(12-14)15-7-10-20(28-21(15)27-19)26-13-5-8-17(24)18(25)11-13/h5,7-8,10-11,14H,6,9,12H2,1-4H3,(H2,26,27,28). The normalized spacial score (nSPS) is 16.1. The Hall–Kier alpha value is -3.16. The van der Waals surface area contributed by atoms with Crippen molar-refractivity contribution in [2.24, 2.45) is 0 Å². The van der Waals surface area contributed by atoms with Crippen molar-refractivity contribution in [2.75, 3.05) is 12.4 Å². The predicted octanol–water partition coefficient (Wildman–Crippen LogP) is 5.31. The molecule has 1 amide bonds. The summed E-state index contributed by atoms with van der Waals surface area (Å²) in [5.41, 5.74) is 2.86. The second-order valence-electron chi connectivity index (χ2n) is 8.92. The number of H-pyrrole nitrogens is 1. The SMILES string of the molecule is CN(C(=O)OC(C)(C)C)C1CCc2[nH]c3nc(Nc4ccc(F)c(F)c4)ccc3c2C1. The largest absolute Gasteiger partial charge is 0.444 e. The molecule has 164 valence electrons. The van der Waals surface area contributed by atoms with Gasteiger partial charge in [-0.05, 0) is 69.9 Å². The Kier molecular flexibility index (Phi) is 5.33. The quantitative estimate of drug-likeness (QED) is 0.593. The number of nitrogens with one attached hydrogen (secondary N) is 2. The van der Waals surface area contributed by atoms with Crippen LogP contribution in [0.2, 0.25) is 0 Å². The number of benzene rings is 1. The minimum atomic E-state index is -0.915. The fourth-order valence-electron chi connectivity index (χ4n) is 3.88. The van der Waals surface area contributed by atoms with Crippen molar-refractivity contribution in [1.29, 1.82) is 0 Å². The van der Waals surface area contributed by atoms with Crippen LogP contribution in [-0.4, -0.2) is 39.7 Å². The Morgan fingerprint density at radius 3 is 2.71 bits per heavy atom. The Labute approximate surface area is 179 Å². The van der Waals surface area contributed by atoms with Crippen molar-refractivity contribution < 1.29 is 18.3 Å². The first-order valence-electron chi connectivity index (χ1n) is 10.3. The van der Waals surface area contributed by atoms with E-state index in [0.717, 1.165) is 47.3 Å². The lowest BCUT2D eigenvalue weighted by atomic mass is 9.91. The van der Waals surface area contributed by atoms with Gasteiger partial charge in [0.1, 0.15) is 17.1 Å². The number of anilines is 2. The number of halogens is 2. The van der Waals surface area contributed by atoms with Crippen molar-refractivity contribution in [2.45, 2.75) is 51.7 Å². The van der Waals surface area contributed by atoms with Gasteiger partial charge in [-0.1, -0.05) is 0 Å². The van der Waals surface area contributed by atoms with Gasteiger partial charge in [-0.15, -0.1) is 0 Å². The summed E-state index contributed by atoms with van der Waals surface area (Å²) < 4.78 is 32.1. The molecule has 2 N–H and O–H groups in total. The Morgan fingerprint density at radius 1 is 1.23 bits per heavy atom. The summed E-state index contributed by atoms with van der Waals surface area (Å²) in [6.07, 6.45) is 2.02. The zero-order valence-electron chi connectivity index (χ0n) is 18.1. The first-order valence-corrected chi connectivity index (χ1v) is 10.3. The summed E-state index contributed by atoms with van der Waals surface area (Å²) in [7, 11) is 1.78. The molecule has 31 heavy (non-hydrogen) atoms. The number of carbonyl (C=O) groups is 1. The molecular formula is C23H26F2N4O2. The maximum absolute atomic E-state index is 13.5. The number of ether oxygens (including phenoxy) is 1. The zero-order chi connectivity index (χ0) is 22.3. The van der Waals surface area contributed by atoms with Crippen molar-refractivity contribution in [3.8, 4) is 0 Å². The molecule has 8 heteroatoms. The summed E-state index contributed by atoms with van der Waals surface area (Å²) in [5.74, 6) is -1.28. The molecule has 1 aliphatic carbocycles. The van der Waals surface area contributed by atoms with E-state index in [1.807, 2.05) is 26.8 Å². The summed E-state index contributed by atoms with van der Waals surface area (Å²) in [6.45, 7) is 5.57. The third kappa shape index (κ3) is 4.47. The Bertz CT molecular complexity index is 1140. The fourth-order valence-corrected chi connectivity index (χ4v) is 3.88. The average molecular weight is 428 g/mol. The van der Waals surface area contributed by atoms with Gasteiger partial charge in [0.05, 0.1) is 0 Å². The van der Waals surface area contributed by atoms with Gasteiger partial charge in [0.2, 0.25) is 0 Å². The van der Waals surface area contributed by atoms with Gasteiger partial charge in [0.15, 0.2) is 11.6 Å². The minimum absolute atomic E-state index is 0.0429. The van der Waals surface area contributed by atoms with Crippen LogP contribution < -0.4 is 5.32 Å². The number of aromatic amines is 1. The number of aromatic nitrogens is 2. The van der Waals surface area contributed by atoms with Gasteiger partial charge in [-0.25, -0.2) is 18.6 Å². The van der Waals surface area contributed by atoms with Gasteiger partial charge in [-0.3, -0.25) is 0 Å². The molecule has 4 rings (SSSR count). The van der Waals surface area contributed by atoms with Crippen LogP contribution in [0.25, 0.3) is 11.0 Å². The van der Waals surface area contributed by atoms with Crippen molar-refractivity contribution in [3.05, 3.63) is 53.2 Å². The topological polar surface area (TPSA) is 70.2 Å². The second-order valence-corrected chi connectivity index (χ2v) is 8.92. The number of rotatable bonds is 3. The van der Waals surface area contributed by atoms with E-state index in [0.29, 0.717) is 17.9 Å². The molecule has 1 aromatic carbocycles. The maximum atomic E-state index is 13.5. The van der Waals surface area contributed by atoms with Gasteiger partial charge < -0.3 is 19.9 Å². The summed E-state index contributed by atoms with van der Waals surface area (Å²) >= 11 is 0. The predicted molar refractivity (Wildman–Crippen MR) is 116 cm³/mol. The first kappa shape index (κ1) is 21.1. The van der Waals surface area contributed by atoms with E-state index in [4.69, 9.17) is 4.74 Å². The number of amides is 1. The molecule has 2 aromatic heterocycles. The van der Waals surface area contributed by atoms with E-state index in [-0.39, 0.29) is 12.1 Å². The molecule has 0 bridgehead atoms. The first-order chi connectivity index (χ1) is 14.6. The second kappa shape index (κ2) is 7.83. The molecule has 1 unspecified atom stereocenters. The van der Waals surface area contributed by atoms with E-state index in [9.17, 15) is 13.6 Å². The van der Waals surface area contributed by atoms with Crippen LogP contribution in [0.15, 0.2) is 30.3 Å². The molecule has 0 radical (unpaired) electrons. The molecule has 0 fully saturated rings. The number of hydrogen-bond donors (Lipinski definition) is 2. The van der Waals surface area contributed by atoms with Crippen LogP contribution in [0.4, 0.5) is 25.1 Å². The number of aryl methyl sites for hydroxylation is 1. The van der Waals surface area contributed by atoms with Crippen LogP contribution in [0.5, 0.6) is 0 Å². The van der Waals surface area contributed by atoms with Crippen molar-refractivity contribution in [1.82, 2.24) is 14.9 Å². The average Bonchev–Trinajstić information content (AvgIpc) is 3.05. The lowest BCUT2D eigenvalue weighted by Crippen LogP contribution is -2.43. The number of fused-ring (bicyclic) bond motifs is 3. The lowest BCUT2D eigenvalue weighted by Gasteiger charge is -2.33. The molecule has 6 nitrogen and oxygen atoms in total. The Morgan fingerprint density at radius 2 is 2.00 bits per heavy atom. The van der Waals surface area contributed by atoms with Crippen LogP contribution in [0.3, 0.4) is 0 Å². The van der Waals surface area contributed by atoms with Gasteiger partial charge in [0.25, 0.3) is 0 Å². The summed E-state index contributed by atoms with van der Waals surface area (Å²) in [4.78, 5) is 22.1. The molecular weight excluding hydrogens is 402 g/mol. The molecule has 0 aliphatic heterocycles. The van der Waals surface area contributed by atoms with E-state index >= 15 is 0 Å². The highest BCUT2D eigenvalue weighted by Gasteiger charge is 2.30. The number of likely N-dealkylation sites (N-methyl/N-ethyl adjacent to an activating group) is 1. The number of nitrogens with zero attached hydrogens (tertiary/aromatic N) is 2. The number of carbonyl (C=O) groups excluding carboxylic acids is 1. The van der Waals surface area contributed by atoms with E-state index in [1.54, 1.807) is 18.0 Å². The van der Waals surface area contributed by atoms with Crippen LogP contribution in [0.1, 0.15) is 38.4 Å². The van der Waals surface area contributed by atoms with E-state index in [1.165, 1.54) is 6.07 Å². The molecule has 2 heterocycles. The smallest absolute Gasteiger partial charge is 0.410 e.